The Bertz CT molecular complexity index is 1180. The van der Waals surface area contributed by atoms with Crippen molar-refractivity contribution in [2.75, 3.05) is 5.75 Å². The van der Waals surface area contributed by atoms with Crippen molar-refractivity contribution in [2.45, 2.75) is 51.1 Å². The van der Waals surface area contributed by atoms with Crippen molar-refractivity contribution < 1.29 is 14.0 Å². The minimum atomic E-state index is -0.728. The molecule has 8 heteroatoms. The molecule has 0 spiro atoms. The van der Waals surface area contributed by atoms with Crippen LogP contribution < -0.4 is 5.32 Å². The van der Waals surface area contributed by atoms with Gasteiger partial charge >= 0.3 is 0 Å². The van der Waals surface area contributed by atoms with Crippen molar-refractivity contribution in [1.82, 2.24) is 10.2 Å². The number of thioether (sulfide) groups is 1. The molecule has 3 aromatic rings. The summed E-state index contributed by atoms with van der Waals surface area (Å²) in [6.45, 7) is 4.12. The molecule has 3 rings (SSSR count). The summed E-state index contributed by atoms with van der Waals surface area (Å²) >= 11 is 13.7. The molecule has 0 saturated carbocycles. The highest BCUT2D eigenvalue weighted by molar-refractivity contribution is 7.99. The first-order chi connectivity index (χ1) is 17.8. The Morgan fingerprint density at radius 1 is 1.00 bits per heavy atom. The Hall–Kier alpha value is -2.54. The number of hydrogen-bond acceptors (Lipinski definition) is 3. The van der Waals surface area contributed by atoms with Crippen LogP contribution in [-0.4, -0.2) is 34.6 Å². The SMILES string of the molecule is CCC(C)NC(=O)C(Cc1ccccc1)N(Cc1ccc(F)cc1)C(=O)CSCc1ccc(Cl)cc1Cl. The zero-order valence-corrected chi connectivity index (χ0v) is 23.3. The number of amides is 2. The van der Waals surface area contributed by atoms with Gasteiger partial charge in [-0.05, 0) is 54.3 Å². The molecule has 0 bridgehead atoms. The summed E-state index contributed by atoms with van der Waals surface area (Å²) in [5.74, 6) is -0.0669. The van der Waals surface area contributed by atoms with Crippen LogP contribution in [-0.2, 0) is 28.3 Å². The minimum absolute atomic E-state index is 0.0324. The van der Waals surface area contributed by atoms with E-state index >= 15 is 0 Å². The van der Waals surface area contributed by atoms with Crippen LogP contribution in [0.5, 0.6) is 0 Å². The number of carbonyl (C=O) groups excluding carboxylic acids is 2. The van der Waals surface area contributed by atoms with Crippen molar-refractivity contribution in [3.63, 3.8) is 0 Å². The molecule has 3 aromatic carbocycles. The lowest BCUT2D eigenvalue weighted by Gasteiger charge is -2.32. The van der Waals surface area contributed by atoms with Crippen LogP contribution in [0.1, 0.15) is 37.0 Å². The molecule has 0 heterocycles. The molecule has 196 valence electrons. The first-order valence-corrected chi connectivity index (χ1v) is 14.1. The lowest BCUT2D eigenvalue weighted by molar-refractivity contribution is -0.139. The van der Waals surface area contributed by atoms with E-state index in [9.17, 15) is 14.0 Å². The average molecular weight is 562 g/mol. The van der Waals surface area contributed by atoms with Gasteiger partial charge in [0.05, 0.1) is 5.75 Å². The maximum absolute atomic E-state index is 13.6. The van der Waals surface area contributed by atoms with Gasteiger partial charge in [0, 0.05) is 34.8 Å². The van der Waals surface area contributed by atoms with E-state index in [0.717, 1.165) is 23.1 Å². The van der Waals surface area contributed by atoms with Gasteiger partial charge < -0.3 is 10.2 Å². The fraction of sp³-hybridized carbons (Fsp3) is 0.310. The van der Waals surface area contributed by atoms with E-state index in [0.29, 0.717) is 22.2 Å². The van der Waals surface area contributed by atoms with E-state index < -0.39 is 6.04 Å². The number of carbonyl (C=O) groups is 2. The maximum Gasteiger partial charge on any atom is 0.243 e. The fourth-order valence-corrected chi connectivity index (χ4v) is 5.22. The Morgan fingerprint density at radius 2 is 1.70 bits per heavy atom. The van der Waals surface area contributed by atoms with Gasteiger partial charge in [-0.3, -0.25) is 9.59 Å². The second-order valence-corrected chi connectivity index (χ2v) is 10.7. The van der Waals surface area contributed by atoms with Crippen molar-refractivity contribution >= 4 is 46.8 Å². The van der Waals surface area contributed by atoms with Crippen molar-refractivity contribution in [2.24, 2.45) is 0 Å². The summed E-state index contributed by atoms with van der Waals surface area (Å²) < 4.78 is 13.6. The van der Waals surface area contributed by atoms with Crippen LogP contribution in [0.2, 0.25) is 10.0 Å². The monoisotopic (exact) mass is 560 g/mol. The van der Waals surface area contributed by atoms with E-state index in [1.54, 1.807) is 29.2 Å². The van der Waals surface area contributed by atoms with Gasteiger partial charge in [0.15, 0.2) is 0 Å². The Labute approximate surface area is 232 Å². The van der Waals surface area contributed by atoms with Crippen LogP contribution in [0.4, 0.5) is 4.39 Å². The molecule has 37 heavy (non-hydrogen) atoms. The number of benzene rings is 3. The Morgan fingerprint density at radius 3 is 2.35 bits per heavy atom. The van der Waals surface area contributed by atoms with Gasteiger partial charge in [-0.2, -0.15) is 0 Å². The number of rotatable bonds is 12. The summed E-state index contributed by atoms with van der Waals surface area (Å²) in [7, 11) is 0. The third-order valence-electron chi connectivity index (χ3n) is 6.04. The lowest BCUT2D eigenvalue weighted by Crippen LogP contribution is -2.52. The first-order valence-electron chi connectivity index (χ1n) is 12.2. The van der Waals surface area contributed by atoms with E-state index in [4.69, 9.17) is 23.2 Å². The summed E-state index contributed by atoms with van der Waals surface area (Å²) in [4.78, 5) is 28.7. The quantitative estimate of drug-likeness (QED) is 0.261. The smallest absolute Gasteiger partial charge is 0.243 e. The highest BCUT2D eigenvalue weighted by atomic mass is 35.5. The molecule has 4 nitrogen and oxygen atoms in total. The molecule has 2 atom stereocenters. The van der Waals surface area contributed by atoms with Gasteiger partial charge in [-0.15, -0.1) is 11.8 Å². The predicted molar refractivity (Wildman–Crippen MR) is 151 cm³/mol. The second kappa shape index (κ2) is 14.4. The fourth-order valence-electron chi connectivity index (χ4n) is 3.75. The number of nitrogens with zero attached hydrogens (tertiary/aromatic N) is 1. The molecule has 2 unspecified atom stereocenters. The molecule has 0 saturated heterocycles. The van der Waals surface area contributed by atoms with E-state index in [2.05, 4.69) is 5.32 Å². The zero-order valence-electron chi connectivity index (χ0n) is 20.9. The number of hydrogen-bond donors (Lipinski definition) is 1. The maximum atomic E-state index is 13.6. The zero-order chi connectivity index (χ0) is 26.8. The van der Waals surface area contributed by atoms with Gasteiger partial charge in [0.2, 0.25) is 11.8 Å². The minimum Gasteiger partial charge on any atom is -0.352 e. The summed E-state index contributed by atoms with van der Waals surface area (Å²) in [5.41, 5.74) is 2.57. The Kier molecular flexibility index (Phi) is 11.3. The van der Waals surface area contributed by atoms with Crippen molar-refractivity contribution in [3.05, 3.63) is 105 Å². The van der Waals surface area contributed by atoms with E-state index in [1.165, 1.54) is 23.9 Å². The summed E-state index contributed by atoms with van der Waals surface area (Å²) in [6.07, 6.45) is 1.14. The highest BCUT2D eigenvalue weighted by Crippen LogP contribution is 2.25. The summed E-state index contributed by atoms with van der Waals surface area (Å²) in [5, 5.41) is 4.14. The lowest BCUT2D eigenvalue weighted by atomic mass is 10.0. The third-order valence-corrected chi connectivity index (χ3v) is 7.59. The van der Waals surface area contributed by atoms with Crippen LogP contribution in [0.3, 0.4) is 0 Å². The molecule has 0 radical (unpaired) electrons. The topological polar surface area (TPSA) is 49.4 Å². The normalized spacial score (nSPS) is 12.6. The molecule has 0 aliphatic rings. The van der Waals surface area contributed by atoms with Crippen molar-refractivity contribution in [1.29, 1.82) is 0 Å². The molecule has 2 amide bonds. The molecular weight excluding hydrogens is 530 g/mol. The van der Waals surface area contributed by atoms with Gasteiger partial charge in [-0.25, -0.2) is 4.39 Å². The van der Waals surface area contributed by atoms with E-state index in [1.807, 2.05) is 50.2 Å². The molecule has 0 aliphatic heterocycles. The molecule has 0 aliphatic carbocycles. The van der Waals surface area contributed by atoms with E-state index in [-0.39, 0.29) is 36.0 Å². The van der Waals surface area contributed by atoms with Gasteiger partial charge in [0.1, 0.15) is 11.9 Å². The van der Waals surface area contributed by atoms with Crippen molar-refractivity contribution in [3.8, 4) is 0 Å². The first kappa shape index (κ1) is 29.0. The average Bonchev–Trinajstić information content (AvgIpc) is 2.88. The van der Waals surface area contributed by atoms with Crippen LogP contribution in [0.25, 0.3) is 0 Å². The van der Waals surface area contributed by atoms with Crippen LogP contribution >= 0.6 is 35.0 Å². The van der Waals surface area contributed by atoms with Crippen LogP contribution in [0.15, 0.2) is 72.8 Å². The molecule has 0 aromatic heterocycles. The molecular formula is C29H31Cl2FN2O2S. The Balaban J connectivity index is 1.85. The standard InChI is InChI=1S/C29H31Cl2FN2O2S/c1-3-20(2)33-29(36)27(15-21-7-5-4-6-8-21)34(17-22-9-13-25(32)14-10-22)28(35)19-37-18-23-11-12-24(30)16-26(23)31/h4-14,16,20,27H,3,15,17-19H2,1-2H3,(H,33,36). The predicted octanol–water partition coefficient (Wildman–Crippen LogP) is 6.92. The molecule has 1 N–H and O–H groups in total. The van der Waals surface area contributed by atoms with Gasteiger partial charge in [0.25, 0.3) is 0 Å². The van der Waals surface area contributed by atoms with Crippen LogP contribution in [0, 0.1) is 5.82 Å². The second-order valence-electron chi connectivity index (χ2n) is 8.90. The largest absolute Gasteiger partial charge is 0.352 e. The molecule has 0 fully saturated rings. The highest BCUT2D eigenvalue weighted by Gasteiger charge is 2.31. The third kappa shape index (κ3) is 9.06. The number of halogens is 3. The van der Waals surface area contributed by atoms with Gasteiger partial charge in [-0.1, -0.05) is 78.7 Å². The summed E-state index contributed by atoms with van der Waals surface area (Å²) in [6, 6.07) is 20.2. The number of nitrogens with one attached hydrogen (secondary N) is 1.